The van der Waals surface area contributed by atoms with Crippen molar-refractivity contribution >= 4 is 33.4 Å². The first-order valence-electron chi connectivity index (χ1n) is 12.1. The molecule has 1 amide bonds. The first-order valence-corrected chi connectivity index (χ1v) is 14.6. The standard InChI is InChI=1S/C25H30F3N3O5S2/c1-31(2)9-7-17(14-37-19-5-3-16(26)4-6-19)29-23-21(27)11-20(12-22(23)28)38(33,34)30-24(32)25-13-18(35-15-25)8-10-36-25/h3-6,11-12,17-18,29H,7-10,13-15H2,1-2H3,(H,30,32)/t17-,18+,25-/m1/s1. The fourth-order valence-corrected chi connectivity index (χ4v) is 6.33. The zero-order chi connectivity index (χ0) is 27.5. The first kappa shape index (κ1) is 28.7. The highest BCUT2D eigenvalue weighted by molar-refractivity contribution is 7.99. The van der Waals surface area contributed by atoms with Gasteiger partial charge < -0.3 is 19.7 Å². The first-order chi connectivity index (χ1) is 18.0. The molecule has 2 saturated heterocycles. The number of benzene rings is 2. The third-order valence-corrected chi connectivity index (χ3v) is 8.92. The van der Waals surface area contributed by atoms with Crippen molar-refractivity contribution < 1.29 is 35.9 Å². The van der Waals surface area contributed by atoms with Crippen LogP contribution in [-0.4, -0.2) is 76.6 Å². The van der Waals surface area contributed by atoms with Gasteiger partial charge in [-0.1, -0.05) is 0 Å². The average molecular weight is 574 g/mol. The fraction of sp³-hybridized carbons (Fsp3) is 0.480. The lowest BCUT2D eigenvalue weighted by molar-refractivity contribution is -0.146. The fourth-order valence-electron chi connectivity index (χ4n) is 4.29. The molecular weight excluding hydrogens is 543 g/mol. The molecule has 2 aromatic rings. The van der Waals surface area contributed by atoms with Crippen molar-refractivity contribution in [3.05, 3.63) is 53.8 Å². The zero-order valence-corrected chi connectivity index (χ0v) is 22.6. The van der Waals surface area contributed by atoms with Crippen LogP contribution >= 0.6 is 11.8 Å². The minimum absolute atomic E-state index is 0.0884. The number of sulfonamides is 1. The number of fused-ring (bicyclic) bond motifs is 2. The SMILES string of the molecule is CN(C)CC[C@H](CSc1ccc(F)cc1)Nc1c(F)cc(S(=O)(=O)NC(=O)[C@@]23CO[C@@H](CCO2)C3)cc1F. The molecule has 38 heavy (non-hydrogen) atoms. The topological polar surface area (TPSA) is 97.0 Å². The molecule has 0 radical (unpaired) electrons. The van der Waals surface area contributed by atoms with Crippen molar-refractivity contribution in [1.29, 1.82) is 0 Å². The third kappa shape index (κ3) is 6.81. The van der Waals surface area contributed by atoms with E-state index in [0.717, 1.165) is 4.90 Å². The summed E-state index contributed by atoms with van der Waals surface area (Å²) in [7, 11) is -0.844. The van der Waals surface area contributed by atoms with Crippen molar-refractivity contribution in [1.82, 2.24) is 9.62 Å². The summed E-state index contributed by atoms with van der Waals surface area (Å²) >= 11 is 1.39. The summed E-state index contributed by atoms with van der Waals surface area (Å²) in [5.41, 5.74) is -1.91. The predicted octanol–water partition coefficient (Wildman–Crippen LogP) is 3.38. The van der Waals surface area contributed by atoms with Crippen LogP contribution < -0.4 is 10.0 Å². The average Bonchev–Trinajstić information content (AvgIpc) is 3.17. The van der Waals surface area contributed by atoms with Gasteiger partial charge in [0.2, 0.25) is 0 Å². The normalized spacial score (nSPS) is 21.9. The lowest BCUT2D eigenvalue weighted by atomic mass is 9.95. The highest BCUT2D eigenvalue weighted by Crippen LogP contribution is 2.35. The van der Waals surface area contributed by atoms with E-state index in [0.29, 0.717) is 37.3 Å². The smallest absolute Gasteiger partial charge is 0.268 e. The lowest BCUT2D eigenvalue weighted by Gasteiger charge is -2.29. The molecule has 0 saturated carbocycles. The van der Waals surface area contributed by atoms with Crippen molar-refractivity contribution in [2.45, 2.75) is 46.8 Å². The molecule has 13 heteroatoms. The van der Waals surface area contributed by atoms with Crippen LogP contribution in [-0.2, 0) is 24.3 Å². The van der Waals surface area contributed by atoms with Gasteiger partial charge in [-0.25, -0.2) is 26.3 Å². The molecule has 2 heterocycles. The van der Waals surface area contributed by atoms with E-state index in [1.54, 1.807) is 12.1 Å². The van der Waals surface area contributed by atoms with Gasteiger partial charge in [0.25, 0.3) is 15.9 Å². The third-order valence-electron chi connectivity index (χ3n) is 6.43. The Morgan fingerprint density at radius 2 is 1.87 bits per heavy atom. The Balaban J connectivity index is 1.48. The molecule has 2 aromatic carbocycles. The van der Waals surface area contributed by atoms with Crippen molar-refractivity contribution in [3.63, 3.8) is 0 Å². The minimum Gasteiger partial charge on any atom is -0.377 e. The second-order valence-corrected chi connectivity index (χ2v) is 12.4. The molecule has 4 rings (SSSR count). The van der Waals surface area contributed by atoms with E-state index in [9.17, 15) is 17.6 Å². The van der Waals surface area contributed by atoms with Crippen LogP contribution in [0.1, 0.15) is 19.3 Å². The molecule has 2 fully saturated rings. The minimum atomic E-state index is -4.58. The monoisotopic (exact) mass is 573 g/mol. The van der Waals surface area contributed by atoms with Gasteiger partial charge in [-0.2, -0.15) is 0 Å². The number of ether oxygens (including phenoxy) is 2. The van der Waals surface area contributed by atoms with Crippen LogP contribution in [0.2, 0.25) is 0 Å². The summed E-state index contributed by atoms with van der Waals surface area (Å²) in [5.74, 6) is -3.10. The number of nitrogens with one attached hydrogen (secondary N) is 2. The molecule has 2 aliphatic heterocycles. The van der Waals surface area contributed by atoms with Crippen molar-refractivity contribution in [2.75, 3.05) is 44.9 Å². The number of halogens is 3. The van der Waals surface area contributed by atoms with Gasteiger partial charge in [-0.15, -0.1) is 11.8 Å². The number of hydrogen-bond acceptors (Lipinski definition) is 8. The van der Waals surface area contributed by atoms with Crippen LogP contribution in [0, 0.1) is 17.5 Å². The summed E-state index contributed by atoms with van der Waals surface area (Å²) in [6.45, 7) is 0.781. The molecule has 0 unspecified atom stereocenters. The largest absolute Gasteiger partial charge is 0.377 e. The Labute approximate surface area is 224 Å². The van der Waals surface area contributed by atoms with Gasteiger partial charge in [0.15, 0.2) is 17.2 Å². The molecular formula is C25H30F3N3O5S2. The Morgan fingerprint density at radius 3 is 2.53 bits per heavy atom. The maximum absolute atomic E-state index is 15.1. The molecule has 2 aliphatic rings. The maximum Gasteiger partial charge on any atom is 0.268 e. The number of amides is 1. The summed E-state index contributed by atoms with van der Waals surface area (Å²) in [4.78, 5) is 14.8. The molecule has 208 valence electrons. The van der Waals surface area contributed by atoms with Crippen LogP contribution in [0.25, 0.3) is 0 Å². The van der Waals surface area contributed by atoms with Gasteiger partial charge in [0, 0.05) is 23.1 Å². The van der Waals surface area contributed by atoms with E-state index in [2.05, 4.69) is 5.32 Å². The maximum atomic E-state index is 15.1. The molecule has 0 aromatic heterocycles. The van der Waals surface area contributed by atoms with E-state index in [-0.39, 0.29) is 31.6 Å². The Morgan fingerprint density at radius 1 is 1.18 bits per heavy atom. The summed E-state index contributed by atoms with van der Waals surface area (Å²) in [6.07, 6.45) is 1.15. The van der Waals surface area contributed by atoms with Gasteiger partial charge in [-0.05, 0) is 69.9 Å². The number of nitrogens with zero attached hydrogens (tertiary/aromatic N) is 1. The number of hydrogen-bond donors (Lipinski definition) is 2. The molecule has 0 spiro atoms. The zero-order valence-electron chi connectivity index (χ0n) is 21.0. The quantitative estimate of drug-likeness (QED) is 0.395. The van der Waals surface area contributed by atoms with E-state index >= 15 is 8.78 Å². The Bertz CT molecular complexity index is 1240. The van der Waals surface area contributed by atoms with Gasteiger partial charge in [-0.3, -0.25) is 4.79 Å². The number of carbonyl (C=O) groups excluding carboxylic acids is 1. The number of rotatable bonds is 11. The van der Waals surface area contributed by atoms with E-state index < -0.39 is 49.8 Å². The predicted molar refractivity (Wildman–Crippen MR) is 137 cm³/mol. The highest BCUT2D eigenvalue weighted by Gasteiger charge is 2.51. The lowest BCUT2D eigenvalue weighted by Crippen LogP contribution is -2.52. The van der Waals surface area contributed by atoms with E-state index in [4.69, 9.17) is 9.47 Å². The van der Waals surface area contributed by atoms with Gasteiger partial charge in [0.1, 0.15) is 11.5 Å². The second kappa shape index (κ2) is 11.8. The summed E-state index contributed by atoms with van der Waals surface area (Å²) in [6, 6.07) is 6.85. The molecule has 2 bridgehead atoms. The van der Waals surface area contributed by atoms with E-state index in [1.807, 2.05) is 23.7 Å². The van der Waals surface area contributed by atoms with E-state index in [1.165, 1.54) is 23.9 Å². The second-order valence-electron chi connectivity index (χ2n) is 9.66. The van der Waals surface area contributed by atoms with Crippen LogP contribution in [0.5, 0.6) is 0 Å². The van der Waals surface area contributed by atoms with Crippen LogP contribution in [0.3, 0.4) is 0 Å². The summed E-state index contributed by atoms with van der Waals surface area (Å²) < 4.78 is 81.9. The highest BCUT2D eigenvalue weighted by atomic mass is 32.2. The number of anilines is 1. The Kier molecular flexibility index (Phi) is 8.92. The van der Waals surface area contributed by atoms with Crippen molar-refractivity contribution in [2.24, 2.45) is 0 Å². The van der Waals surface area contributed by atoms with Crippen LogP contribution in [0.4, 0.5) is 18.9 Å². The molecule has 8 nitrogen and oxygen atoms in total. The van der Waals surface area contributed by atoms with Gasteiger partial charge >= 0.3 is 0 Å². The molecule has 0 aliphatic carbocycles. The number of carbonyl (C=O) groups is 1. The summed E-state index contributed by atoms with van der Waals surface area (Å²) in [5, 5.41) is 2.85. The van der Waals surface area contributed by atoms with Crippen molar-refractivity contribution in [3.8, 4) is 0 Å². The Hall–Kier alpha value is -2.32. The van der Waals surface area contributed by atoms with Gasteiger partial charge in [0.05, 0.1) is 24.2 Å². The number of thioether (sulfide) groups is 1. The molecule has 2 N–H and O–H groups in total. The van der Waals surface area contributed by atoms with Crippen LogP contribution in [0.15, 0.2) is 46.2 Å². The molecule has 3 atom stereocenters.